The van der Waals surface area contributed by atoms with Crippen LogP contribution in [0.5, 0.6) is 5.88 Å². The van der Waals surface area contributed by atoms with Crippen LogP contribution in [-0.2, 0) is 0 Å². The minimum Gasteiger partial charge on any atom is -0.474 e. The van der Waals surface area contributed by atoms with E-state index in [1.165, 1.54) is 6.33 Å². The van der Waals surface area contributed by atoms with Gasteiger partial charge in [0.25, 0.3) is 0 Å². The molecular formula is C9H14ClN3O. The van der Waals surface area contributed by atoms with Gasteiger partial charge in [-0.2, -0.15) is 0 Å². The molecule has 1 fully saturated rings. The lowest BCUT2D eigenvalue weighted by molar-refractivity contribution is 0.155. The van der Waals surface area contributed by atoms with Crippen LogP contribution in [-0.4, -0.2) is 29.2 Å². The normalized spacial score (nSPS) is 17.1. The van der Waals surface area contributed by atoms with Gasteiger partial charge in [-0.05, 0) is 25.9 Å². The van der Waals surface area contributed by atoms with Gasteiger partial charge in [0.05, 0.1) is 0 Å². The standard InChI is InChI=1S/C9H13N3O.ClH/c1-4-10-5-2-8(1)13-9-3-6-11-7-12-9;/h3,6-8,10H,1-2,4-5H2;1H. The minimum atomic E-state index is 0. The zero-order valence-electron chi connectivity index (χ0n) is 7.85. The van der Waals surface area contributed by atoms with E-state index in [0.29, 0.717) is 12.0 Å². The Balaban J connectivity index is 0.000000980. The Morgan fingerprint density at radius 2 is 2.14 bits per heavy atom. The zero-order chi connectivity index (χ0) is 8.93. The van der Waals surface area contributed by atoms with E-state index < -0.39 is 0 Å². The second-order valence-electron chi connectivity index (χ2n) is 3.11. The van der Waals surface area contributed by atoms with Crippen LogP contribution in [0.1, 0.15) is 12.8 Å². The second-order valence-corrected chi connectivity index (χ2v) is 3.11. The summed E-state index contributed by atoms with van der Waals surface area (Å²) in [7, 11) is 0. The first-order chi connectivity index (χ1) is 6.45. The molecule has 78 valence electrons. The highest BCUT2D eigenvalue weighted by Crippen LogP contribution is 2.11. The average Bonchev–Trinajstić information content (AvgIpc) is 2.21. The van der Waals surface area contributed by atoms with E-state index >= 15 is 0 Å². The van der Waals surface area contributed by atoms with E-state index in [2.05, 4.69) is 15.3 Å². The van der Waals surface area contributed by atoms with Gasteiger partial charge in [-0.1, -0.05) is 0 Å². The van der Waals surface area contributed by atoms with Crippen LogP contribution in [0.3, 0.4) is 0 Å². The maximum atomic E-state index is 5.66. The van der Waals surface area contributed by atoms with Crippen LogP contribution < -0.4 is 10.1 Å². The van der Waals surface area contributed by atoms with Crippen LogP contribution >= 0.6 is 12.4 Å². The fourth-order valence-corrected chi connectivity index (χ4v) is 1.43. The Morgan fingerprint density at radius 1 is 1.36 bits per heavy atom. The molecule has 5 heteroatoms. The first-order valence-electron chi connectivity index (χ1n) is 4.58. The summed E-state index contributed by atoms with van der Waals surface area (Å²) < 4.78 is 5.66. The first-order valence-corrected chi connectivity index (χ1v) is 4.58. The first kappa shape index (κ1) is 11.2. The lowest BCUT2D eigenvalue weighted by atomic mass is 10.1. The van der Waals surface area contributed by atoms with Crippen molar-refractivity contribution in [2.24, 2.45) is 0 Å². The van der Waals surface area contributed by atoms with Crippen LogP contribution in [0.4, 0.5) is 0 Å². The zero-order valence-corrected chi connectivity index (χ0v) is 8.67. The molecule has 14 heavy (non-hydrogen) atoms. The molecule has 2 rings (SSSR count). The van der Waals surface area contributed by atoms with Gasteiger partial charge in [-0.25, -0.2) is 9.97 Å². The molecule has 1 aliphatic rings. The van der Waals surface area contributed by atoms with E-state index in [1.54, 1.807) is 12.3 Å². The molecular weight excluding hydrogens is 202 g/mol. The van der Waals surface area contributed by atoms with Crippen LogP contribution in [0.15, 0.2) is 18.6 Å². The van der Waals surface area contributed by atoms with Crippen molar-refractivity contribution in [3.63, 3.8) is 0 Å². The quantitative estimate of drug-likeness (QED) is 0.801. The van der Waals surface area contributed by atoms with Crippen molar-refractivity contribution in [1.29, 1.82) is 0 Å². The Kier molecular flexibility index (Phi) is 4.62. The van der Waals surface area contributed by atoms with E-state index in [0.717, 1.165) is 25.9 Å². The van der Waals surface area contributed by atoms with Crippen LogP contribution in [0.2, 0.25) is 0 Å². The van der Waals surface area contributed by atoms with Gasteiger partial charge < -0.3 is 10.1 Å². The molecule has 0 radical (unpaired) electrons. The Hall–Kier alpha value is -0.870. The highest BCUT2D eigenvalue weighted by molar-refractivity contribution is 5.85. The molecule has 1 aromatic heterocycles. The van der Waals surface area contributed by atoms with Gasteiger partial charge >= 0.3 is 0 Å². The Bertz CT molecular complexity index is 251. The van der Waals surface area contributed by atoms with E-state index in [-0.39, 0.29) is 12.4 Å². The number of ether oxygens (including phenoxy) is 1. The highest BCUT2D eigenvalue weighted by atomic mass is 35.5. The summed E-state index contributed by atoms with van der Waals surface area (Å²) >= 11 is 0. The minimum absolute atomic E-state index is 0. The number of nitrogens with zero attached hydrogens (tertiary/aromatic N) is 2. The summed E-state index contributed by atoms with van der Waals surface area (Å²) in [4.78, 5) is 7.85. The number of hydrogen-bond donors (Lipinski definition) is 1. The summed E-state index contributed by atoms with van der Waals surface area (Å²) in [6.07, 6.45) is 5.64. The van der Waals surface area contributed by atoms with Crippen molar-refractivity contribution in [3.05, 3.63) is 18.6 Å². The van der Waals surface area contributed by atoms with Gasteiger partial charge in [0.2, 0.25) is 5.88 Å². The average molecular weight is 216 g/mol. The molecule has 0 spiro atoms. The van der Waals surface area contributed by atoms with Crippen molar-refractivity contribution in [2.45, 2.75) is 18.9 Å². The number of halogens is 1. The van der Waals surface area contributed by atoms with Gasteiger partial charge in [0, 0.05) is 12.3 Å². The molecule has 0 atom stereocenters. The summed E-state index contributed by atoms with van der Waals surface area (Å²) in [5.41, 5.74) is 0. The number of hydrogen-bond acceptors (Lipinski definition) is 4. The third-order valence-electron chi connectivity index (χ3n) is 2.13. The lowest BCUT2D eigenvalue weighted by Crippen LogP contribution is -2.34. The summed E-state index contributed by atoms with van der Waals surface area (Å²) in [5, 5.41) is 3.29. The van der Waals surface area contributed by atoms with E-state index in [4.69, 9.17) is 4.74 Å². The van der Waals surface area contributed by atoms with Gasteiger partial charge in [-0.15, -0.1) is 12.4 Å². The third-order valence-corrected chi connectivity index (χ3v) is 2.13. The monoisotopic (exact) mass is 215 g/mol. The maximum absolute atomic E-state index is 5.66. The Morgan fingerprint density at radius 3 is 2.79 bits per heavy atom. The SMILES string of the molecule is Cl.c1cc(OC2CCNCC2)ncn1. The van der Waals surface area contributed by atoms with Gasteiger partial charge in [0.15, 0.2) is 0 Å². The summed E-state index contributed by atoms with van der Waals surface area (Å²) in [6.45, 7) is 2.07. The number of rotatable bonds is 2. The molecule has 4 nitrogen and oxygen atoms in total. The largest absolute Gasteiger partial charge is 0.474 e. The van der Waals surface area contributed by atoms with Gasteiger partial charge in [0.1, 0.15) is 12.4 Å². The smallest absolute Gasteiger partial charge is 0.216 e. The predicted molar refractivity (Wildman–Crippen MR) is 55.8 cm³/mol. The second kappa shape index (κ2) is 5.78. The van der Waals surface area contributed by atoms with E-state index in [9.17, 15) is 0 Å². The number of piperidine rings is 1. The molecule has 0 aliphatic carbocycles. The fraction of sp³-hybridized carbons (Fsp3) is 0.556. The van der Waals surface area contributed by atoms with Crippen molar-refractivity contribution in [1.82, 2.24) is 15.3 Å². The molecule has 0 unspecified atom stereocenters. The third kappa shape index (κ3) is 3.12. The van der Waals surface area contributed by atoms with Gasteiger partial charge in [-0.3, -0.25) is 0 Å². The molecule has 1 aromatic rings. The number of aromatic nitrogens is 2. The van der Waals surface area contributed by atoms with Crippen molar-refractivity contribution < 1.29 is 4.74 Å². The molecule has 0 aromatic carbocycles. The van der Waals surface area contributed by atoms with Crippen LogP contribution in [0.25, 0.3) is 0 Å². The molecule has 2 heterocycles. The lowest BCUT2D eigenvalue weighted by Gasteiger charge is -2.22. The number of nitrogens with one attached hydrogen (secondary N) is 1. The van der Waals surface area contributed by atoms with Crippen molar-refractivity contribution in [2.75, 3.05) is 13.1 Å². The predicted octanol–water partition coefficient (Wildman–Crippen LogP) is 1.03. The molecule has 1 saturated heterocycles. The van der Waals surface area contributed by atoms with Crippen molar-refractivity contribution in [3.8, 4) is 5.88 Å². The molecule has 0 bridgehead atoms. The molecule has 0 saturated carbocycles. The maximum Gasteiger partial charge on any atom is 0.216 e. The summed E-state index contributed by atoms with van der Waals surface area (Å²) in [5.74, 6) is 0.682. The molecule has 1 aliphatic heterocycles. The van der Waals surface area contributed by atoms with Crippen molar-refractivity contribution >= 4 is 12.4 Å². The fourth-order valence-electron chi connectivity index (χ4n) is 1.43. The topological polar surface area (TPSA) is 47.0 Å². The van der Waals surface area contributed by atoms with Crippen LogP contribution in [0, 0.1) is 0 Å². The van der Waals surface area contributed by atoms with E-state index in [1.807, 2.05) is 0 Å². The summed E-state index contributed by atoms with van der Waals surface area (Å²) in [6, 6.07) is 1.79. The Labute approximate surface area is 89.5 Å². The highest BCUT2D eigenvalue weighted by Gasteiger charge is 2.14. The molecule has 1 N–H and O–H groups in total. The molecule has 0 amide bonds.